The zero-order valence-corrected chi connectivity index (χ0v) is 23.7. The largest absolute Gasteiger partial charge is 0.382 e. The summed E-state index contributed by atoms with van der Waals surface area (Å²) in [5.41, 5.74) is 8.72. The Bertz CT molecular complexity index is 1690. The highest BCUT2D eigenvalue weighted by Crippen LogP contribution is 2.44. The zero-order valence-electron chi connectivity index (χ0n) is 23.7. The minimum atomic E-state index is -0.247. The number of imidazole rings is 1. The van der Waals surface area contributed by atoms with Crippen LogP contribution in [0.4, 0.5) is 11.5 Å². The van der Waals surface area contributed by atoms with Gasteiger partial charge in [0.1, 0.15) is 11.8 Å². The van der Waals surface area contributed by atoms with Crippen molar-refractivity contribution >= 4 is 34.5 Å². The molecule has 42 heavy (non-hydrogen) atoms. The Morgan fingerprint density at radius 2 is 1.71 bits per heavy atom. The van der Waals surface area contributed by atoms with Crippen LogP contribution in [0.5, 0.6) is 0 Å². The highest BCUT2D eigenvalue weighted by atomic mass is 16.2. The minimum Gasteiger partial charge on any atom is -0.382 e. The molecule has 4 aromatic rings. The number of benzene rings is 2. The number of hydrogen-bond acceptors (Lipinski definition) is 7. The van der Waals surface area contributed by atoms with E-state index < -0.39 is 0 Å². The number of likely N-dealkylation sites (N-methyl/N-ethyl adjacent to an activating group) is 1. The predicted molar refractivity (Wildman–Crippen MR) is 161 cm³/mol. The van der Waals surface area contributed by atoms with Gasteiger partial charge in [0, 0.05) is 43.0 Å². The normalized spacial score (nSPS) is 20.1. The number of aromatic nitrogens is 4. The van der Waals surface area contributed by atoms with Crippen molar-refractivity contribution in [1.29, 1.82) is 0 Å². The van der Waals surface area contributed by atoms with Gasteiger partial charge in [-0.25, -0.2) is 14.8 Å². The maximum Gasteiger partial charge on any atom is 0.335 e. The molecule has 1 aliphatic heterocycles. The first-order valence-corrected chi connectivity index (χ1v) is 14.1. The number of carbonyl (C=O) groups excluding carboxylic acids is 2. The van der Waals surface area contributed by atoms with E-state index in [-0.39, 0.29) is 29.4 Å². The molecule has 2 atom stereocenters. The molecule has 2 amide bonds. The summed E-state index contributed by atoms with van der Waals surface area (Å²) in [5, 5.41) is 2.87. The van der Waals surface area contributed by atoms with Gasteiger partial charge in [0.2, 0.25) is 5.91 Å². The molecule has 1 aliphatic carbocycles. The molecule has 3 heterocycles. The minimum absolute atomic E-state index is 0.0398. The Morgan fingerprint density at radius 3 is 2.38 bits per heavy atom. The molecule has 2 unspecified atom stereocenters. The standard InChI is InChI=1S/C31H34N8O3/c1-36(2)14-6-9-26(40)37-17-21-15-25(16-22(21)18-37)39-29-27(28(32)33-19-34-29)38(31(39)42)24-12-10-20(11-13-24)30(41)35-23-7-4-3-5-8-23/h3-13,19,21-22,25H,14-18H2,1-2H3,(H,35,41)(H2,32,33,34)/b9-6+. The summed E-state index contributed by atoms with van der Waals surface area (Å²) in [5.74, 6) is 0.629. The summed E-state index contributed by atoms with van der Waals surface area (Å²) in [6, 6.07) is 16.0. The summed E-state index contributed by atoms with van der Waals surface area (Å²) in [6.45, 7) is 2.09. The van der Waals surface area contributed by atoms with Gasteiger partial charge in [-0.3, -0.25) is 18.7 Å². The number of hydrogen-bond donors (Lipinski definition) is 2. The summed E-state index contributed by atoms with van der Waals surface area (Å²) in [4.78, 5) is 52.0. The fourth-order valence-corrected chi connectivity index (χ4v) is 6.25. The van der Waals surface area contributed by atoms with E-state index in [9.17, 15) is 14.4 Å². The predicted octanol–water partition coefficient (Wildman–Crippen LogP) is 2.94. The molecule has 6 rings (SSSR count). The highest BCUT2D eigenvalue weighted by molar-refractivity contribution is 6.04. The van der Waals surface area contributed by atoms with Crippen LogP contribution >= 0.6 is 0 Å². The Hall–Kier alpha value is -4.77. The van der Waals surface area contributed by atoms with E-state index in [4.69, 9.17) is 5.73 Å². The van der Waals surface area contributed by atoms with Crippen LogP contribution in [0.25, 0.3) is 16.9 Å². The molecule has 0 radical (unpaired) electrons. The third kappa shape index (κ3) is 5.18. The molecule has 1 saturated heterocycles. The van der Waals surface area contributed by atoms with E-state index in [1.54, 1.807) is 34.9 Å². The van der Waals surface area contributed by atoms with E-state index >= 15 is 0 Å². The number of nitrogens with zero attached hydrogens (tertiary/aromatic N) is 6. The first kappa shape index (κ1) is 27.4. The fourth-order valence-electron chi connectivity index (χ4n) is 6.25. The van der Waals surface area contributed by atoms with Gasteiger partial charge in [0.15, 0.2) is 11.5 Å². The fraction of sp³-hybridized carbons (Fsp3) is 0.323. The van der Waals surface area contributed by atoms with Gasteiger partial charge in [0.05, 0.1) is 5.69 Å². The Labute approximate surface area is 243 Å². The van der Waals surface area contributed by atoms with Crippen LogP contribution < -0.4 is 16.7 Å². The number of fused-ring (bicyclic) bond motifs is 2. The lowest BCUT2D eigenvalue weighted by Crippen LogP contribution is -2.30. The third-order valence-corrected chi connectivity index (χ3v) is 8.23. The average Bonchev–Trinajstić information content (AvgIpc) is 3.63. The van der Waals surface area contributed by atoms with Crippen molar-refractivity contribution < 1.29 is 9.59 Å². The first-order valence-electron chi connectivity index (χ1n) is 14.1. The number of amides is 2. The van der Waals surface area contributed by atoms with Gasteiger partial charge in [-0.15, -0.1) is 0 Å². The maximum absolute atomic E-state index is 14.0. The number of carbonyl (C=O) groups is 2. The Morgan fingerprint density at radius 1 is 1.02 bits per heavy atom. The van der Waals surface area contributed by atoms with E-state index in [2.05, 4.69) is 15.3 Å². The van der Waals surface area contributed by atoms with Gasteiger partial charge in [-0.1, -0.05) is 24.3 Å². The van der Waals surface area contributed by atoms with Gasteiger partial charge < -0.3 is 20.9 Å². The molecule has 3 N–H and O–H groups in total. The summed E-state index contributed by atoms with van der Waals surface area (Å²) in [6.07, 6.45) is 6.48. The summed E-state index contributed by atoms with van der Waals surface area (Å²) < 4.78 is 3.27. The van der Waals surface area contributed by atoms with Crippen molar-refractivity contribution in [2.24, 2.45) is 11.8 Å². The molecule has 0 bridgehead atoms. The first-order chi connectivity index (χ1) is 20.3. The molecule has 2 aromatic heterocycles. The second-order valence-corrected chi connectivity index (χ2v) is 11.3. The molecule has 1 saturated carbocycles. The van der Waals surface area contributed by atoms with Crippen LogP contribution in [-0.4, -0.2) is 74.4 Å². The monoisotopic (exact) mass is 566 g/mol. The number of nitrogens with two attached hydrogens (primary N) is 1. The number of nitrogens with one attached hydrogen (secondary N) is 1. The molecular weight excluding hydrogens is 532 g/mol. The van der Waals surface area contributed by atoms with Crippen molar-refractivity contribution in [3.8, 4) is 5.69 Å². The van der Waals surface area contributed by atoms with E-state index in [0.717, 1.165) is 19.4 Å². The van der Waals surface area contributed by atoms with E-state index in [1.165, 1.54) is 10.9 Å². The summed E-state index contributed by atoms with van der Waals surface area (Å²) >= 11 is 0. The van der Waals surface area contributed by atoms with Crippen molar-refractivity contribution in [3.05, 3.63) is 89.1 Å². The summed E-state index contributed by atoms with van der Waals surface area (Å²) in [7, 11) is 3.93. The van der Waals surface area contributed by atoms with Crippen LogP contribution in [0.1, 0.15) is 29.2 Å². The molecule has 11 nitrogen and oxygen atoms in total. The zero-order chi connectivity index (χ0) is 29.4. The lowest BCUT2D eigenvalue weighted by molar-refractivity contribution is -0.125. The molecule has 11 heteroatoms. The van der Waals surface area contributed by atoms with Crippen molar-refractivity contribution in [1.82, 2.24) is 28.9 Å². The van der Waals surface area contributed by atoms with E-state index in [0.29, 0.717) is 53.0 Å². The van der Waals surface area contributed by atoms with Gasteiger partial charge in [-0.05, 0) is 75.2 Å². The van der Waals surface area contributed by atoms with Gasteiger partial charge in [-0.2, -0.15) is 0 Å². The van der Waals surface area contributed by atoms with Crippen LogP contribution in [0.2, 0.25) is 0 Å². The van der Waals surface area contributed by atoms with Gasteiger partial charge in [0.25, 0.3) is 5.91 Å². The van der Waals surface area contributed by atoms with Crippen LogP contribution in [0.15, 0.2) is 77.9 Å². The second kappa shape index (κ2) is 11.2. The lowest BCUT2D eigenvalue weighted by Gasteiger charge is -2.18. The third-order valence-electron chi connectivity index (χ3n) is 8.23. The van der Waals surface area contributed by atoms with Gasteiger partial charge >= 0.3 is 5.69 Å². The highest BCUT2D eigenvalue weighted by Gasteiger charge is 2.43. The van der Waals surface area contributed by atoms with Crippen molar-refractivity contribution in [3.63, 3.8) is 0 Å². The second-order valence-electron chi connectivity index (χ2n) is 11.3. The number of nitrogen functional groups attached to an aromatic ring is 1. The smallest absolute Gasteiger partial charge is 0.335 e. The average molecular weight is 567 g/mol. The van der Waals surface area contributed by atoms with Crippen molar-refractivity contribution in [2.75, 3.05) is 44.8 Å². The van der Waals surface area contributed by atoms with Crippen molar-refractivity contribution in [2.45, 2.75) is 18.9 Å². The maximum atomic E-state index is 14.0. The number of likely N-dealkylation sites (tertiary alicyclic amines) is 1. The van der Waals surface area contributed by atoms with Crippen LogP contribution in [0.3, 0.4) is 0 Å². The molecule has 2 fully saturated rings. The Balaban J connectivity index is 1.24. The quantitative estimate of drug-likeness (QED) is 0.329. The van der Waals surface area contributed by atoms with Crippen LogP contribution in [-0.2, 0) is 4.79 Å². The molecule has 2 aromatic carbocycles. The topological polar surface area (TPSA) is 131 Å². The SMILES string of the molecule is CN(C)C/C=C/C(=O)N1CC2CC(n3c(=O)n(-c4ccc(C(=O)Nc5ccccc5)cc4)c4c(N)ncnc43)CC2C1. The lowest BCUT2D eigenvalue weighted by atomic mass is 10.0. The molecule has 2 aliphatic rings. The molecular formula is C31H34N8O3. The molecule has 0 spiro atoms. The number of para-hydroxylation sites is 1. The van der Waals surface area contributed by atoms with E-state index in [1.807, 2.05) is 60.3 Å². The van der Waals surface area contributed by atoms with Crippen LogP contribution in [0, 0.1) is 11.8 Å². The molecule has 216 valence electrons. The Kier molecular flexibility index (Phi) is 7.34. The number of anilines is 2. The number of rotatable bonds is 7.